The lowest BCUT2D eigenvalue weighted by Gasteiger charge is -2.12. The van der Waals surface area contributed by atoms with Gasteiger partial charge in [-0.1, -0.05) is 48.9 Å². The van der Waals surface area contributed by atoms with E-state index in [1.807, 2.05) is 63.2 Å². The lowest BCUT2D eigenvalue weighted by molar-refractivity contribution is 0.0601. The molecule has 33 heavy (non-hydrogen) atoms. The molecule has 168 valence electrons. The molecule has 2 aromatic carbocycles. The van der Waals surface area contributed by atoms with Gasteiger partial charge in [-0.25, -0.2) is 9.78 Å². The molecule has 6 heteroatoms. The summed E-state index contributed by atoms with van der Waals surface area (Å²) in [4.78, 5) is 31.8. The molecule has 0 saturated heterocycles. The molecule has 0 aliphatic heterocycles. The number of fused-ring (bicyclic) bond motifs is 1. The molecule has 4 rings (SSSR count). The summed E-state index contributed by atoms with van der Waals surface area (Å²) >= 11 is 1.39. The van der Waals surface area contributed by atoms with Crippen LogP contribution in [-0.2, 0) is 11.2 Å². The number of para-hydroxylation sites is 1. The Morgan fingerprint density at radius 3 is 2.52 bits per heavy atom. The Bertz CT molecular complexity index is 1390. The standard InChI is InChI=1S/C27H26N2O3S/c1-6-18-17(4)33-26(24(18)27(31)32-5)29-25(30)21-14-23(19-12-11-15(2)13-16(19)3)28-22-10-8-7-9-20(21)22/h7-14H,6H2,1-5H3,(H,29,30). The predicted molar refractivity (Wildman–Crippen MR) is 134 cm³/mol. The normalized spacial score (nSPS) is 10.9. The molecule has 2 aromatic heterocycles. The maximum absolute atomic E-state index is 13.5. The van der Waals surface area contributed by atoms with Crippen LogP contribution in [-0.4, -0.2) is 24.0 Å². The van der Waals surface area contributed by atoms with Gasteiger partial charge in [0.05, 0.1) is 29.4 Å². The number of aromatic nitrogens is 1. The first-order chi connectivity index (χ1) is 15.8. The number of carbonyl (C=O) groups is 2. The molecule has 1 amide bonds. The number of thiophene rings is 1. The predicted octanol–water partition coefficient (Wildman–Crippen LogP) is 6.49. The van der Waals surface area contributed by atoms with Gasteiger partial charge in [0.2, 0.25) is 0 Å². The third-order valence-electron chi connectivity index (χ3n) is 5.80. The number of amides is 1. The van der Waals surface area contributed by atoms with Gasteiger partial charge in [0.15, 0.2) is 0 Å². The van der Waals surface area contributed by atoms with Gasteiger partial charge in [0.1, 0.15) is 5.00 Å². The number of ether oxygens (including phenoxy) is 1. The molecule has 0 fully saturated rings. The van der Waals surface area contributed by atoms with E-state index in [0.717, 1.165) is 38.2 Å². The summed E-state index contributed by atoms with van der Waals surface area (Å²) in [6.45, 7) is 8.03. The highest BCUT2D eigenvalue weighted by Gasteiger charge is 2.24. The van der Waals surface area contributed by atoms with Crippen LogP contribution in [0.4, 0.5) is 5.00 Å². The summed E-state index contributed by atoms with van der Waals surface area (Å²) in [6.07, 6.45) is 0.678. The van der Waals surface area contributed by atoms with E-state index < -0.39 is 5.97 Å². The highest BCUT2D eigenvalue weighted by atomic mass is 32.1. The van der Waals surface area contributed by atoms with Gasteiger partial charge in [-0.2, -0.15) is 0 Å². The van der Waals surface area contributed by atoms with Crippen molar-refractivity contribution >= 4 is 39.1 Å². The van der Waals surface area contributed by atoms with Gasteiger partial charge in [-0.3, -0.25) is 4.79 Å². The van der Waals surface area contributed by atoms with Crippen LogP contribution in [0.25, 0.3) is 22.2 Å². The molecule has 0 saturated carbocycles. The molecule has 5 nitrogen and oxygen atoms in total. The van der Waals surface area contributed by atoms with E-state index in [4.69, 9.17) is 9.72 Å². The second-order valence-electron chi connectivity index (χ2n) is 8.03. The fourth-order valence-electron chi connectivity index (χ4n) is 4.18. The number of hydrogen-bond acceptors (Lipinski definition) is 5. The number of carbonyl (C=O) groups excluding carboxylic acids is 2. The Labute approximate surface area is 197 Å². The van der Waals surface area contributed by atoms with Gasteiger partial charge in [0, 0.05) is 15.8 Å². The number of nitrogens with one attached hydrogen (secondary N) is 1. The third-order valence-corrected chi connectivity index (χ3v) is 6.86. The molecule has 4 aromatic rings. The Balaban J connectivity index is 1.83. The summed E-state index contributed by atoms with van der Waals surface area (Å²) in [5.74, 6) is -0.726. The molecule has 0 radical (unpaired) electrons. The quantitative estimate of drug-likeness (QED) is 0.347. The summed E-state index contributed by atoms with van der Waals surface area (Å²) in [6, 6.07) is 15.6. The molecule has 0 atom stereocenters. The van der Waals surface area contributed by atoms with E-state index >= 15 is 0 Å². The van der Waals surface area contributed by atoms with Crippen LogP contribution in [0, 0.1) is 20.8 Å². The van der Waals surface area contributed by atoms with Crippen molar-refractivity contribution < 1.29 is 14.3 Å². The highest BCUT2D eigenvalue weighted by molar-refractivity contribution is 7.16. The molecular weight excluding hydrogens is 432 g/mol. The Morgan fingerprint density at radius 2 is 1.82 bits per heavy atom. The van der Waals surface area contributed by atoms with Gasteiger partial charge in [-0.05, 0) is 50.5 Å². The van der Waals surface area contributed by atoms with Crippen LogP contribution in [0.3, 0.4) is 0 Å². The van der Waals surface area contributed by atoms with Gasteiger partial charge < -0.3 is 10.1 Å². The minimum atomic E-state index is -0.443. The molecule has 2 heterocycles. The summed E-state index contributed by atoms with van der Waals surface area (Å²) in [7, 11) is 1.35. The number of pyridine rings is 1. The monoisotopic (exact) mass is 458 g/mol. The van der Waals surface area contributed by atoms with E-state index in [1.54, 1.807) is 0 Å². The van der Waals surface area contributed by atoms with Crippen LogP contribution in [0.1, 0.15) is 49.2 Å². The van der Waals surface area contributed by atoms with E-state index in [-0.39, 0.29) is 5.91 Å². The maximum Gasteiger partial charge on any atom is 0.341 e. The van der Waals surface area contributed by atoms with Crippen LogP contribution in [0.2, 0.25) is 0 Å². The number of aryl methyl sites for hydroxylation is 3. The van der Waals surface area contributed by atoms with Crippen LogP contribution in [0.5, 0.6) is 0 Å². The van der Waals surface area contributed by atoms with Crippen molar-refractivity contribution in [3.05, 3.63) is 81.2 Å². The molecule has 0 bridgehead atoms. The smallest absolute Gasteiger partial charge is 0.341 e. The van der Waals surface area contributed by atoms with E-state index in [0.29, 0.717) is 22.5 Å². The summed E-state index contributed by atoms with van der Waals surface area (Å²) in [5, 5.41) is 4.25. The largest absolute Gasteiger partial charge is 0.465 e. The van der Waals surface area contributed by atoms with Crippen molar-refractivity contribution in [2.45, 2.75) is 34.1 Å². The van der Waals surface area contributed by atoms with E-state index in [2.05, 4.69) is 18.3 Å². The fourth-order valence-corrected chi connectivity index (χ4v) is 5.31. The van der Waals surface area contributed by atoms with Crippen molar-refractivity contribution in [2.24, 2.45) is 0 Å². The van der Waals surface area contributed by atoms with Crippen molar-refractivity contribution in [2.75, 3.05) is 12.4 Å². The SMILES string of the molecule is CCc1c(C)sc(NC(=O)c2cc(-c3ccc(C)cc3C)nc3ccccc23)c1C(=O)OC. The van der Waals surface area contributed by atoms with Gasteiger partial charge >= 0.3 is 5.97 Å². The Morgan fingerprint density at radius 1 is 1.06 bits per heavy atom. The molecule has 0 aliphatic rings. The highest BCUT2D eigenvalue weighted by Crippen LogP contribution is 2.35. The van der Waals surface area contributed by atoms with Crippen LogP contribution in [0.15, 0.2) is 48.5 Å². The molecular formula is C27H26N2O3S. The van der Waals surface area contributed by atoms with Gasteiger partial charge in [-0.15, -0.1) is 11.3 Å². The average molecular weight is 459 g/mol. The zero-order chi connectivity index (χ0) is 23.7. The zero-order valence-electron chi connectivity index (χ0n) is 19.4. The number of rotatable bonds is 5. The number of methoxy groups -OCH3 is 1. The maximum atomic E-state index is 13.5. The summed E-state index contributed by atoms with van der Waals surface area (Å²) in [5.41, 5.74) is 6.57. The second-order valence-corrected chi connectivity index (χ2v) is 9.26. The van der Waals surface area contributed by atoms with Crippen molar-refractivity contribution in [1.29, 1.82) is 0 Å². The molecule has 1 N–H and O–H groups in total. The number of esters is 1. The minimum absolute atomic E-state index is 0.284. The molecule has 0 aliphatic carbocycles. The van der Waals surface area contributed by atoms with Crippen molar-refractivity contribution in [3.8, 4) is 11.3 Å². The van der Waals surface area contributed by atoms with Crippen molar-refractivity contribution in [1.82, 2.24) is 4.98 Å². The first kappa shape index (κ1) is 22.7. The third kappa shape index (κ3) is 4.26. The number of hydrogen-bond donors (Lipinski definition) is 1. The average Bonchev–Trinajstić information content (AvgIpc) is 3.12. The molecule has 0 unspecified atom stereocenters. The Kier molecular flexibility index (Phi) is 6.29. The number of anilines is 1. The Hall–Kier alpha value is -3.51. The lowest BCUT2D eigenvalue weighted by atomic mass is 9.99. The fraction of sp³-hybridized carbons (Fsp3) is 0.222. The topological polar surface area (TPSA) is 68.3 Å². The van der Waals surface area contributed by atoms with Crippen molar-refractivity contribution in [3.63, 3.8) is 0 Å². The van der Waals surface area contributed by atoms with E-state index in [1.165, 1.54) is 24.0 Å². The number of nitrogens with zero attached hydrogens (tertiary/aromatic N) is 1. The lowest BCUT2D eigenvalue weighted by Crippen LogP contribution is -2.15. The van der Waals surface area contributed by atoms with Crippen LogP contribution >= 0.6 is 11.3 Å². The first-order valence-corrected chi connectivity index (χ1v) is 11.6. The molecule has 0 spiro atoms. The second kappa shape index (κ2) is 9.16. The van der Waals surface area contributed by atoms with E-state index in [9.17, 15) is 9.59 Å². The minimum Gasteiger partial charge on any atom is -0.465 e. The zero-order valence-corrected chi connectivity index (χ0v) is 20.2. The first-order valence-electron chi connectivity index (χ1n) is 10.8. The van der Waals surface area contributed by atoms with Gasteiger partial charge in [0.25, 0.3) is 5.91 Å². The number of benzene rings is 2. The van der Waals surface area contributed by atoms with Crippen LogP contribution < -0.4 is 5.32 Å². The summed E-state index contributed by atoms with van der Waals surface area (Å²) < 4.78 is 5.00.